The van der Waals surface area contributed by atoms with Gasteiger partial charge in [-0.3, -0.25) is 0 Å². The minimum atomic E-state index is -0.419. The highest BCUT2D eigenvalue weighted by atomic mass is 32.2. The Balaban J connectivity index is 1.07. The predicted octanol–water partition coefficient (Wildman–Crippen LogP) is 13.6. The first-order valence-corrected chi connectivity index (χ1v) is 19.9. The van der Waals surface area contributed by atoms with E-state index in [1.54, 1.807) is 0 Å². The molecule has 1 aliphatic carbocycles. The Bertz CT molecular complexity index is 2770. The summed E-state index contributed by atoms with van der Waals surface area (Å²) in [5, 5.41) is 0. The Labute approximate surface area is 331 Å². The zero-order valence-corrected chi connectivity index (χ0v) is 31.2. The summed E-state index contributed by atoms with van der Waals surface area (Å²) in [7, 11) is 0. The van der Waals surface area contributed by atoms with Gasteiger partial charge in [0.05, 0.1) is 16.8 Å². The van der Waals surface area contributed by atoms with Gasteiger partial charge in [-0.25, -0.2) is 9.97 Å². The molecule has 0 unspecified atom stereocenters. The molecule has 1 aliphatic heterocycles. The fourth-order valence-electron chi connectivity index (χ4n) is 8.80. The normalized spacial score (nSPS) is 13.1. The van der Waals surface area contributed by atoms with E-state index in [-0.39, 0.29) is 0 Å². The Morgan fingerprint density at radius 3 is 1.27 bits per heavy atom. The molecule has 9 aromatic rings. The van der Waals surface area contributed by atoms with Crippen LogP contribution >= 0.6 is 11.8 Å². The van der Waals surface area contributed by atoms with Crippen LogP contribution in [0, 0.1) is 0 Å². The van der Waals surface area contributed by atoms with E-state index in [4.69, 9.17) is 9.97 Å². The van der Waals surface area contributed by atoms with E-state index < -0.39 is 5.41 Å². The molecule has 0 N–H and O–H groups in total. The number of hydrogen-bond donors (Lipinski definition) is 0. The van der Waals surface area contributed by atoms with Crippen molar-refractivity contribution in [1.82, 2.24) is 9.97 Å². The van der Waals surface area contributed by atoms with Crippen LogP contribution in [0.5, 0.6) is 0 Å². The smallest absolute Gasteiger partial charge is 0.160 e. The standard InChI is InChI=1S/C53H34N2S/c1-3-13-35(14-4-1)37-23-27-39(28-24-37)48-34-49(40-29-25-38(26-30-40)36-15-5-2-6-16-36)55-52(54-48)41-31-32-47-51(33-41)56-50-22-12-11-21-46(50)53(47)44-19-9-7-17-42(44)43-18-8-10-20-45(43)53/h1-34H. The van der Waals surface area contributed by atoms with Crippen LogP contribution in [-0.4, -0.2) is 9.97 Å². The molecule has 8 aromatic carbocycles. The van der Waals surface area contributed by atoms with Crippen molar-refractivity contribution < 1.29 is 0 Å². The van der Waals surface area contributed by atoms with Gasteiger partial charge in [0.25, 0.3) is 0 Å². The lowest BCUT2D eigenvalue weighted by atomic mass is 9.67. The molecule has 0 radical (unpaired) electrons. The molecule has 0 fully saturated rings. The third kappa shape index (κ3) is 5.20. The maximum Gasteiger partial charge on any atom is 0.160 e. The number of aromatic nitrogens is 2. The SMILES string of the molecule is c1ccc(-c2ccc(-c3cc(-c4ccc(-c5ccccc5)cc4)nc(-c4ccc5c(c4)Sc4ccccc4C54c5ccccc5-c5ccccc54)n3)cc2)cc1. The van der Waals surface area contributed by atoms with Crippen LogP contribution in [0.2, 0.25) is 0 Å². The molecular formula is C53H34N2S. The van der Waals surface area contributed by atoms with Gasteiger partial charge in [0.2, 0.25) is 0 Å². The number of benzene rings is 8. The van der Waals surface area contributed by atoms with Crippen LogP contribution in [0.3, 0.4) is 0 Å². The first-order chi connectivity index (χ1) is 27.7. The highest BCUT2D eigenvalue weighted by Gasteiger charge is 2.50. The van der Waals surface area contributed by atoms with E-state index in [1.807, 2.05) is 11.8 Å². The number of rotatable bonds is 5. The summed E-state index contributed by atoms with van der Waals surface area (Å²) >= 11 is 1.85. The van der Waals surface area contributed by atoms with Gasteiger partial charge in [0, 0.05) is 26.5 Å². The van der Waals surface area contributed by atoms with E-state index in [0.29, 0.717) is 5.82 Å². The molecule has 0 atom stereocenters. The topological polar surface area (TPSA) is 25.8 Å². The van der Waals surface area contributed by atoms with Crippen molar-refractivity contribution in [3.05, 3.63) is 229 Å². The highest BCUT2D eigenvalue weighted by molar-refractivity contribution is 7.99. The van der Waals surface area contributed by atoms with E-state index in [2.05, 4.69) is 206 Å². The lowest BCUT2D eigenvalue weighted by Gasteiger charge is -2.39. The Morgan fingerprint density at radius 1 is 0.304 bits per heavy atom. The van der Waals surface area contributed by atoms with E-state index in [1.165, 1.54) is 65.4 Å². The van der Waals surface area contributed by atoms with Gasteiger partial charge in [-0.05, 0) is 73.8 Å². The minimum Gasteiger partial charge on any atom is -0.228 e. The van der Waals surface area contributed by atoms with Gasteiger partial charge in [-0.2, -0.15) is 0 Å². The zero-order valence-electron chi connectivity index (χ0n) is 30.4. The predicted molar refractivity (Wildman–Crippen MR) is 231 cm³/mol. The molecule has 0 amide bonds. The van der Waals surface area contributed by atoms with Crippen LogP contribution in [0.15, 0.2) is 216 Å². The van der Waals surface area contributed by atoms with Gasteiger partial charge >= 0.3 is 0 Å². The zero-order chi connectivity index (χ0) is 37.1. The molecule has 0 bridgehead atoms. The van der Waals surface area contributed by atoms with Gasteiger partial charge in [-0.1, -0.05) is 200 Å². The van der Waals surface area contributed by atoms with Gasteiger partial charge in [0.15, 0.2) is 5.82 Å². The number of fused-ring (bicyclic) bond motifs is 9. The van der Waals surface area contributed by atoms with Crippen molar-refractivity contribution in [2.24, 2.45) is 0 Å². The van der Waals surface area contributed by atoms with Crippen LogP contribution in [-0.2, 0) is 5.41 Å². The van der Waals surface area contributed by atoms with Crippen molar-refractivity contribution in [3.8, 4) is 67.3 Å². The summed E-state index contributed by atoms with van der Waals surface area (Å²) < 4.78 is 0. The molecule has 1 aromatic heterocycles. The highest BCUT2D eigenvalue weighted by Crippen LogP contribution is 2.62. The third-order valence-electron chi connectivity index (χ3n) is 11.4. The van der Waals surface area contributed by atoms with Crippen molar-refractivity contribution in [3.63, 3.8) is 0 Å². The van der Waals surface area contributed by atoms with Crippen LogP contribution < -0.4 is 0 Å². The first-order valence-electron chi connectivity index (χ1n) is 19.1. The summed E-state index contributed by atoms with van der Waals surface area (Å²) in [6.07, 6.45) is 0. The van der Waals surface area contributed by atoms with Crippen LogP contribution in [0.1, 0.15) is 22.3 Å². The Morgan fingerprint density at radius 2 is 0.714 bits per heavy atom. The molecule has 56 heavy (non-hydrogen) atoms. The fourth-order valence-corrected chi connectivity index (χ4v) is 10.0. The summed E-state index contributed by atoms with van der Waals surface area (Å²) in [5.74, 6) is 0.709. The average molecular weight is 731 g/mol. The van der Waals surface area contributed by atoms with Crippen molar-refractivity contribution in [2.45, 2.75) is 15.2 Å². The lowest BCUT2D eigenvalue weighted by molar-refractivity contribution is 0.722. The summed E-state index contributed by atoms with van der Waals surface area (Å²) in [5.41, 5.74) is 17.1. The maximum atomic E-state index is 5.30. The Hall–Kier alpha value is -6.81. The van der Waals surface area contributed by atoms with Crippen molar-refractivity contribution >= 4 is 11.8 Å². The molecule has 1 spiro atoms. The molecule has 262 valence electrons. The van der Waals surface area contributed by atoms with Gasteiger partial charge in [-0.15, -0.1) is 0 Å². The second-order valence-electron chi connectivity index (χ2n) is 14.5. The van der Waals surface area contributed by atoms with Crippen LogP contribution in [0.25, 0.3) is 67.3 Å². The minimum absolute atomic E-state index is 0.419. The quantitative estimate of drug-likeness (QED) is 0.176. The van der Waals surface area contributed by atoms with E-state index in [0.717, 1.165) is 28.1 Å². The molecular weight excluding hydrogens is 697 g/mol. The molecule has 2 nitrogen and oxygen atoms in total. The summed E-state index contributed by atoms with van der Waals surface area (Å²) in [6, 6.07) is 74.3. The molecule has 11 rings (SSSR count). The summed E-state index contributed by atoms with van der Waals surface area (Å²) in [6.45, 7) is 0. The molecule has 2 aliphatic rings. The largest absolute Gasteiger partial charge is 0.228 e. The van der Waals surface area contributed by atoms with Crippen molar-refractivity contribution in [1.29, 1.82) is 0 Å². The van der Waals surface area contributed by atoms with E-state index >= 15 is 0 Å². The average Bonchev–Trinajstić information content (AvgIpc) is 3.57. The second kappa shape index (κ2) is 13.2. The first kappa shape index (κ1) is 32.6. The molecule has 3 heteroatoms. The molecule has 2 heterocycles. The second-order valence-corrected chi connectivity index (χ2v) is 15.6. The Kier molecular flexibility index (Phi) is 7.68. The van der Waals surface area contributed by atoms with E-state index in [9.17, 15) is 0 Å². The van der Waals surface area contributed by atoms with Gasteiger partial charge < -0.3 is 0 Å². The fraction of sp³-hybridized carbons (Fsp3) is 0.0189. The molecule has 0 saturated carbocycles. The lowest BCUT2D eigenvalue weighted by Crippen LogP contribution is -2.31. The molecule has 0 saturated heterocycles. The maximum absolute atomic E-state index is 5.30. The number of hydrogen-bond acceptors (Lipinski definition) is 3. The van der Waals surface area contributed by atoms with Gasteiger partial charge in [0.1, 0.15) is 0 Å². The number of nitrogens with zero attached hydrogens (tertiary/aromatic N) is 2. The monoisotopic (exact) mass is 730 g/mol. The summed E-state index contributed by atoms with van der Waals surface area (Å²) in [4.78, 5) is 13.1. The van der Waals surface area contributed by atoms with Crippen molar-refractivity contribution in [2.75, 3.05) is 0 Å². The third-order valence-corrected chi connectivity index (χ3v) is 12.5. The van der Waals surface area contributed by atoms with Crippen LogP contribution in [0.4, 0.5) is 0 Å².